The van der Waals surface area contributed by atoms with Crippen LogP contribution in [0.25, 0.3) is 4.36 Å². The van der Waals surface area contributed by atoms with Crippen molar-refractivity contribution >= 4 is 21.2 Å². The Morgan fingerprint density at radius 1 is 1.67 bits per heavy atom. The van der Waals surface area contributed by atoms with Crippen LogP contribution < -0.4 is 0 Å². The molecule has 0 aliphatic carbocycles. The van der Waals surface area contributed by atoms with Gasteiger partial charge in [-0.15, -0.1) is 0 Å². The Morgan fingerprint density at radius 2 is 2.42 bits per heavy atom. The van der Waals surface area contributed by atoms with Crippen molar-refractivity contribution < 1.29 is 0 Å². The summed E-state index contributed by atoms with van der Waals surface area (Å²) in [5, 5.41) is 8.42. The standard InChI is InChI=1S/C9H9AsN2/c1-7-3-2-4-9(12-7)8(10)5-6-11/h2-5H,10H2,1H3. The average molecular weight is 220 g/mol. The second-order valence-corrected chi connectivity index (χ2v) is 3.70. The monoisotopic (exact) mass is 220 g/mol. The van der Waals surface area contributed by atoms with Gasteiger partial charge < -0.3 is 0 Å². The van der Waals surface area contributed by atoms with E-state index in [1.165, 1.54) is 22.9 Å². The molecule has 1 aromatic rings. The zero-order valence-electron chi connectivity index (χ0n) is 6.78. The quantitative estimate of drug-likeness (QED) is 0.520. The third kappa shape index (κ3) is 2.22. The summed E-state index contributed by atoms with van der Waals surface area (Å²) in [7, 11) is 0. The molecule has 0 radical (unpaired) electrons. The molecule has 2 nitrogen and oxygen atoms in total. The second kappa shape index (κ2) is 4.09. The third-order valence-corrected chi connectivity index (χ3v) is 2.37. The van der Waals surface area contributed by atoms with Gasteiger partial charge in [-0.2, -0.15) is 0 Å². The van der Waals surface area contributed by atoms with Crippen LogP contribution in [0.15, 0.2) is 24.3 Å². The number of rotatable bonds is 1. The summed E-state index contributed by atoms with van der Waals surface area (Å²) >= 11 is 1.42. The van der Waals surface area contributed by atoms with Gasteiger partial charge in [0.05, 0.1) is 0 Å². The van der Waals surface area contributed by atoms with E-state index in [-0.39, 0.29) is 0 Å². The van der Waals surface area contributed by atoms with Gasteiger partial charge in [0, 0.05) is 0 Å². The van der Waals surface area contributed by atoms with Gasteiger partial charge >= 0.3 is 80.1 Å². The molecule has 1 aromatic heterocycles. The van der Waals surface area contributed by atoms with Gasteiger partial charge in [0.25, 0.3) is 0 Å². The van der Waals surface area contributed by atoms with Crippen LogP contribution >= 0.6 is 0 Å². The molecule has 0 aliphatic rings. The van der Waals surface area contributed by atoms with E-state index in [1.807, 2.05) is 31.2 Å². The summed E-state index contributed by atoms with van der Waals surface area (Å²) in [5.41, 5.74) is 1.88. The van der Waals surface area contributed by atoms with Gasteiger partial charge in [-0.05, 0) is 0 Å². The maximum atomic E-state index is 8.42. The Labute approximate surface area is 80.4 Å². The Bertz CT molecular complexity index is 350. The van der Waals surface area contributed by atoms with Crippen molar-refractivity contribution in [1.29, 1.82) is 5.26 Å². The van der Waals surface area contributed by atoms with Gasteiger partial charge in [0.2, 0.25) is 0 Å². The number of aryl methyl sites for hydroxylation is 1. The maximum absolute atomic E-state index is 8.42. The van der Waals surface area contributed by atoms with Crippen LogP contribution in [-0.4, -0.2) is 21.8 Å². The van der Waals surface area contributed by atoms with E-state index < -0.39 is 0 Å². The molecule has 0 saturated heterocycles. The molecule has 60 valence electrons. The molecule has 0 N–H and O–H groups in total. The molecule has 12 heavy (non-hydrogen) atoms. The second-order valence-electron chi connectivity index (χ2n) is 2.39. The predicted molar refractivity (Wildman–Crippen MR) is 51.1 cm³/mol. The molecular weight excluding hydrogens is 211 g/mol. The van der Waals surface area contributed by atoms with Crippen molar-refractivity contribution in [2.75, 3.05) is 0 Å². The fourth-order valence-electron chi connectivity index (χ4n) is 0.847. The molecule has 0 aliphatic heterocycles. The SMILES string of the molecule is Cc1cccc(C([AsH2])=CC#N)n1. The molecule has 0 fully saturated rings. The van der Waals surface area contributed by atoms with Crippen molar-refractivity contribution in [1.82, 2.24) is 4.98 Å². The predicted octanol–water partition coefficient (Wildman–Crippen LogP) is 0.888. The van der Waals surface area contributed by atoms with Crippen molar-refractivity contribution in [2.24, 2.45) is 0 Å². The minimum atomic E-state index is 0.900. The number of aromatic nitrogens is 1. The first-order valence-electron chi connectivity index (χ1n) is 3.53. The normalized spacial score (nSPS) is 10.9. The van der Waals surface area contributed by atoms with Crippen LogP contribution in [0, 0.1) is 18.3 Å². The van der Waals surface area contributed by atoms with Crippen molar-refractivity contribution in [3.05, 3.63) is 35.7 Å². The summed E-state index contributed by atoms with van der Waals surface area (Å²) in [6.07, 6.45) is 1.53. The Balaban J connectivity index is 3.05. The summed E-state index contributed by atoms with van der Waals surface area (Å²) < 4.78 is 0.966. The molecule has 0 spiro atoms. The van der Waals surface area contributed by atoms with E-state index in [4.69, 9.17) is 5.26 Å². The van der Waals surface area contributed by atoms with Gasteiger partial charge in [-0.3, -0.25) is 0 Å². The first kappa shape index (κ1) is 9.03. The molecule has 1 rings (SSSR count). The van der Waals surface area contributed by atoms with E-state index >= 15 is 0 Å². The summed E-state index contributed by atoms with van der Waals surface area (Å²) in [6, 6.07) is 7.80. The molecule has 0 aromatic carbocycles. The Morgan fingerprint density at radius 3 is 3.00 bits per heavy atom. The molecule has 1 unspecified atom stereocenters. The zero-order chi connectivity index (χ0) is 8.97. The Hall–Kier alpha value is -1.06. The van der Waals surface area contributed by atoms with Gasteiger partial charge in [0.15, 0.2) is 0 Å². The zero-order valence-corrected chi connectivity index (χ0v) is 9.20. The van der Waals surface area contributed by atoms with Crippen LogP contribution in [0.4, 0.5) is 0 Å². The fourth-order valence-corrected chi connectivity index (χ4v) is 1.34. The number of hydrogen-bond acceptors (Lipinski definition) is 2. The van der Waals surface area contributed by atoms with Gasteiger partial charge in [0.1, 0.15) is 0 Å². The molecule has 1 heterocycles. The average Bonchev–Trinajstić information content (AvgIpc) is 2.05. The van der Waals surface area contributed by atoms with Crippen LogP contribution in [0.2, 0.25) is 0 Å². The Kier molecular flexibility index (Phi) is 3.08. The van der Waals surface area contributed by atoms with Crippen LogP contribution in [-0.2, 0) is 0 Å². The molecule has 3 heteroatoms. The first-order valence-corrected chi connectivity index (χ1v) is 4.74. The summed E-state index contributed by atoms with van der Waals surface area (Å²) in [6.45, 7) is 1.94. The molecule has 0 amide bonds. The minimum absolute atomic E-state index is 0.900. The summed E-state index contributed by atoms with van der Waals surface area (Å²) in [5.74, 6) is 0. The number of hydrogen-bond donors (Lipinski definition) is 0. The van der Waals surface area contributed by atoms with Gasteiger partial charge in [-0.25, -0.2) is 0 Å². The van der Waals surface area contributed by atoms with E-state index in [0.717, 1.165) is 15.7 Å². The van der Waals surface area contributed by atoms with E-state index in [2.05, 4.69) is 4.98 Å². The van der Waals surface area contributed by atoms with Crippen molar-refractivity contribution in [2.45, 2.75) is 6.92 Å². The van der Waals surface area contributed by atoms with Crippen molar-refractivity contribution in [3.63, 3.8) is 0 Å². The number of nitriles is 1. The van der Waals surface area contributed by atoms with Crippen LogP contribution in [0.3, 0.4) is 0 Å². The van der Waals surface area contributed by atoms with E-state index in [9.17, 15) is 0 Å². The summed E-state index contributed by atoms with van der Waals surface area (Å²) in [4.78, 5) is 4.29. The first-order chi connectivity index (χ1) is 5.74. The van der Waals surface area contributed by atoms with E-state index in [1.54, 1.807) is 0 Å². The van der Waals surface area contributed by atoms with Crippen LogP contribution in [0.1, 0.15) is 11.4 Å². The van der Waals surface area contributed by atoms with Crippen molar-refractivity contribution in [3.8, 4) is 6.07 Å². The molecule has 0 bridgehead atoms. The number of allylic oxidation sites excluding steroid dienone is 1. The third-order valence-electron chi connectivity index (χ3n) is 1.40. The molecule has 1 atom stereocenters. The molecule has 0 saturated carbocycles. The van der Waals surface area contributed by atoms with Gasteiger partial charge in [-0.1, -0.05) is 0 Å². The van der Waals surface area contributed by atoms with E-state index in [0.29, 0.717) is 0 Å². The number of nitrogens with zero attached hydrogens (tertiary/aromatic N) is 2. The number of pyridine rings is 1. The molecular formula is C9H9AsN2. The fraction of sp³-hybridized carbons (Fsp3) is 0.111. The topological polar surface area (TPSA) is 36.7 Å². The van der Waals surface area contributed by atoms with Crippen LogP contribution in [0.5, 0.6) is 0 Å².